The first-order chi connectivity index (χ1) is 15.8. The number of nitrogens with two attached hydrogens (primary N) is 1. The van der Waals surface area contributed by atoms with Gasteiger partial charge in [0, 0.05) is 24.3 Å². The lowest BCUT2D eigenvalue weighted by Crippen LogP contribution is -2.35. The van der Waals surface area contributed by atoms with E-state index in [1.165, 1.54) is 15.0 Å². The molecule has 1 saturated heterocycles. The van der Waals surface area contributed by atoms with E-state index in [-0.39, 0.29) is 16.6 Å². The molecule has 33 heavy (non-hydrogen) atoms. The van der Waals surface area contributed by atoms with E-state index in [9.17, 15) is 13.2 Å². The molecule has 0 unspecified atom stereocenters. The molecular formula is C22H26N6O3S2. The molecule has 1 fully saturated rings. The van der Waals surface area contributed by atoms with Crippen molar-refractivity contribution in [2.75, 3.05) is 30.0 Å². The van der Waals surface area contributed by atoms with Crippen molar-refractivity contribution in [2.45, 2.75) is 36.2 Å². The summed E-state index contributed by atoms with van der Waals surface area (Å²) in [5, 5.41) is 11.4. The van der Waals surface area contributed by atoms with Crippen molar-refractivity contribution in [3.63, 3.8) is 0 Å². The number of nitrogens with one attached hydrogen (secondary N) is 1. The van der Waals surface area contributed by atoms with Gasteiger partial charge in [0.1, 0.15) is 0 Å². The van der Waals surface area contributed by atoms with Gasteiger partial charge in [-0.25, -0.2) is 13.1 Å². The Morgan fingerprint density at radius 3 is 2.55 bits per heavy atom. The molecule has 1 aliphatic heterocycles. The summed E-state index contributed by atoms with van der Waals surface area (Å²) in [5.41, 5.74) is 2.38. The lowest BCUT2D eigenvalue weighted by Gasteiger charge is -2.26. The maximum atomic E-state index is 12.9. The smallest absolute Gasteiger partial charge is 0.243 e. The molecule has 0 atom stereocenters. The van der Waals surface area contributed by atoms with Crippen molar-refractivity contribution in [3.05, 3.63) is 54.1 Å². The van der Waals surface area contributed by atoms with Crippen LogP contribution in [0.15, 0.2) is 58.6 Å². The van der Waals surface area contributed by atoms with Crippen molar-refractivity contribution in [2.24, 2.45) is 0 Å². The van der Waals surface area contributed by atoms with E-state index in [4.69, 9.17) is 5.84 Å². The Hall–Kier alpha value is -2.89. The molecule has 174 valence electrons. The minimum Gasteiger partial charge on any atom is -0.335 e. The average Bonchev–Trinajstić information content (AvgIpc) is 3.19. The topological polar surface area (TPSA) is 123 Å². The minimum absolute atomic E-state index is 0.0480. The minimum atomic E-state index is -3.57. The van der Waals surface area contributed by atoms with Crippen LogP contribution in [0.3, 0.4) is 0 Å². The zero-order valence-corrected chi connectivity index (χ0v) is 19.9. The lowest BCUT2D eigenvalue weighted by atomic mass is 10.1. The second kappa shape index (κ2) is 9.94. The van der Waals surface area contributed by atoms with Gasteiger partial charge in [-0.15, -0.1) is 10.2 Å². The number of thioether (sulfide) groups is 1. The molecule has 11 heteroatoms. The predicted molar refractivity (Wildman–Crippen MR) is 129 cm³/mol. The summed E-state index contributed by atoms with van der Waals surface area (Å²) in [6.45, 7) is 3.05. The SMILES string of the molecule is Cc1ccc(-c2nnc(SCC(=O)Nc3cccc(S(=O)(=O)N4CCCCC4)c3)n2N)cc1. The Labute approximate surface area is 197 Å². The highest BCUT2D eigenvalue weighted by Crippen LogP contribution is 2.24. The average molecular weight is 487 g/mol. The number of anilines is 1. The number of nitrogen functional groups attached to an aromatic ring is 1. The third-order valence-electron chi connectivity index (χ3n) is 5.38. The molecule has 4 rings (SSSR count). The molecule has 9 nitrogen and oxygen atoms in total. The third-order valence-corrected chi connectivity index (χ3v) is 8.21. The molecule has 1 aromatic heterocycles. The number of aromatic nitrogens is 3. The summed E-state index contributed by atoms with van der Waals surface area (Å²) in [6.07, 6.45) is 2.78. The number of carbonyl (C=O) groups is 1. The van der Waals surface area contributed by atoms with Gasteiger partial charge in [0.05, 0.1) is 10.6 Å². The van der Waals surface area contributed by atoms with Gasteiger partial charge in [-0.05, 0) is 38.0 Å². The number of rotatable bonds is 7. The van der Waals surface area contributed by atoms with Crippen LogP contribution < -0.4 is 11.2 Å². The maximum Gasteiger partial charge on any atom is 0.243 e. The Bertz CT molecular complexity index is 1240. The van der Waals surface area contributed by atoms with E-state index >= 15 is 0 Å². The van der Waals surface area contributed by atoms with Gasteiger partial charge in [-0.2, -0.15) is 4.31 Å². The van der Waals surface area contributed by atoms with Gasteiger partial charge in [0.2, 0.25) is 21.1 Å². The Morgan fingerprint density at radius 2 is 1.82 bits per heavy atom. The van der Waals surface area contributed by atoms with Crippen LogP contribution in [0.4, 0.5) is 5.69 Å². The van der Waals surface area contributed by atoms with Gasteiger partial charge in [-0.1, -0.05) is 54.1 Å². The second-order valence-electron chi connectivity index (χ2n) is 7.87. The zero-order chi connectivity index (χ0) is 23.4. The van der Waals surface area contributed by atoms with E-state index in [2.05, 4.69) is 15.5 Å². The molecule has 1 amide bonds. The van der Waals surface area contributed by atoms with Crippen LogP contribution in [-0.2, 0) is 14.8 Å². The summed E-state index contributed by atoms with van der Waals surface area (Å²) in [4.78, 5) is 12.7. The summed E-state index contributed by atoms with van der Waals surface area (Å²) >= 11 is 1.15. The van der Waals surface area contributed by atoms with Crippen molar-refractivity contribution in [1.82, 2.24) is 19.2 Å². The van der Waals surface area contributed by atoms with E-state index in [1.54, 1.807) is 18.2 Å². The molecule has 0 aliphatic carbocycles. The summed E-state index contributed by atoms with van der Waals surface area (Å²) in [6, 6.07) is 14.1. The summed E-state index contributed by atoms with van der Waals surface area (Å²) < 4.78 is 28.6. The zero-order valence-electron chi connectivity index (χ0n) is 18.3. The Kier molecular flexibility index (Phi) is 7.01. The highest BCUT2D eigenvalue weighted by Gasteiger charge is 2.26. The number of sulfonamides is 1. The van der Waals surface area contributed by atoms with Crippen molar-refractivity contribution in [3.8, 4) is 11.4 Å². The largest absolute Gasteiger partial charge is 0.335 e. The first-order valence-electron chi connectivity index (χ1n) is 10.6. The van der Waals surface area contributed by atoms with E-state index < -0.39 is 10.0 Å². The molecule has 0 bridgehead atoms. The number of carbonyl (C=O) groups excluding carboxylic acids is 1. The van der Waals surface area contributed by atoms with Crippen LogP contribution in [0, 0.1) is 6.92 Å². The van der Waals surface area contributed by atoms with Crippen molar-refractivity contribution >= 4 is 33.4 Å². The molecule has 3 N–H and O–H groups in total. The predicted octanol–water partition coefficient (Wildman–Crippen LogP) is 2.87. The number of amides is 1. The molecule has 3 aromatic rings. The van der Waals surface area contributed by atoms with Crippen LogP contribution in [0.25, 0.3) is 11.4 Å². The number of aryl methyl sites for hydroxylation is 1. The van der Waals surface area contributed by atoms with Crippen LogP contribution >= 0.6 is 11.8 Å². The number of hydrogen-bond donors (Lipinski definition) is 2. The quantitative estimate of drug-likeness (QED) is 0.389. The van der Waals surface area contributed by atoms with Crippen LogP contribution in [0.2, 0.25) is 0 Å². The Balaban J connectivity index is 1.39. The first-order valence-corrected chi connectivity index (χ1v) is 13.1. The van der Waals surface area contributed by atoms with Gasteiger partial charge < -0.3 is 11.2 Å². The standard InChI is InChI=1S/C22H26N6O3S2/c1-16-8-10-17(11-9-16)21-25-26-22(28(21)23)32-15-20(29)24-18-6-5-7-19(14-18)33(30,31)27-12-3-2-4-13-27/h5-11,14H,2-4,12-13,15,23H2,1H3,(H,24,29). The molecule has 0 spiro atoms. The molecule has 2 heterocycles. The number of hydrogen-bond acceptors (Lipinski definition) is 7. The fraction of sp³-hybridized carbons (Fsp3) is 0.318. The van der Waals surface area contributed by atoms with Gasteiger partial charge in [0.15, 0.2) is 5.82 Å². The summed E-state index contributed by atoms with van der Waals surface area (Å²) in [7, 11) is -3.57. The maximum absolute atomic E-state index is 12.9. The number of benzene rings is 2. The normalized spacial score (nSPS) is 14.8. The van der Waals surface area contributed by atoms with E-state index in [0.717, 1.165) is 42.2 Å². The molecule has 0 radical (unpaired) electrons. The van der Waals surface area contributed by atoms with Gasteiger partial charge in [-0.3, -0.25) is 4.79 Å². The highest BCUT2D eigenvalue weighted by atomic mass is 32.2. The fourth-order valence-corrected chi connectivity index (χ4v) is 5.81. The lowest BCUT2D eigenvalue weighted by molar-refractivity contribution is -0.113. The highest BCUT2D eigenvalue weighted by molar-refractivity contribution is 7.99. The number of piperidine rings is 1. The second-order valence-corrected chi connectivity index (χ2v) is 10.8. The van der Waals surface area contributed by atoms with Crippen molar-refractivity contribution in [1.29, 1.82) is 0 Å². The molecule has 2 aromatic carbocycles. The fourth-order valence-electron chi connectivity index (χ4n) is 3.59. The van der Waals surface area contributed by atoms with Crippen LogP contribution in [0.5, 0.6) is 0 Å². The van der Waals surface area contributed by atoms with E-state index in [0.29, 0.717) is 29.8 Å². The number of nitrogens with zero attached hydrogens (tertiary/aromatic N) is 4. The van der Waals surface area contributed by atoms with Crippen molar-refractivity contribution < 1.29 is 13.2 Å². The summed E-state index contributed by atoms with van der Waals surface area (Å²) in [5.74, 6) is 6.38. The third kappa shape index (κ3) is 5.37. The molecular weight excluding hydrogens is 460 g/mol. The molecule has 0 saturated carbocycles. The van der Waals surface area contributed by atoms with Gasteiger partial charge >= 0.3 is 0 Å². The van der Waals surface area contributed by atoms with Crippen LogP contribution in [0.1, 0.15) is 24.8 Å². The van der Waals surface area contributed by atoms with Gasteiger partial charge in [0.25, 0.3) is 0 Å². The monoisotopic (exact) mass is 486 g/mol. The molecule has 1 aliphatic rings. The first kappa shape index (κ1) is 23.3. The Morgan fingerprint density at radius 1 is 1.09 bits per heavy atom. The van der Waals surface area contributed by atoms with Crippen LogP contribution in [-0.4, -0.2) is 52.3 Å². The van der Waals surface area contributed by atoms with E-state index in [1.807, 2.05) is 31.2 Å².